The minimum atomic E-state index is -0.945. The summed E-state index contributed by atoms with van der Waals surface area (Å²) in [7, 11) is 0. The number of nitrogens with one attached hydrogen (secondary N) is 1. The zero-order valence-electron chi connectivity index (χ0n) is 22.6. The van der Waals surface area contributed by atoms with Crippen molar-refractivity contribution in [1.29, 1.82) is 0 Å². The highest BCUT2D eigenvalue weighted by atomic mass is 19.1. The van der Waals surface area contributed by atoms with Crippen LogP contribution in [0.25, 0.3) is 0 Å². The fraction of sp³-hybridized carbons (Fsp3) is 0.690. The van der Waals surface area contributed by atoms with Crippen molar-refractivity contribution in [2.75, 3.05) is 0 Å². The van der Waals surface area contributed by atoms with Gasteiger partial charge in [-0.25, -0.2) is 4.39 Å². The molecule has 2 N–H and O–H groups in total. The first kappa shape index (κ1) is 31.3. The van der Waals surface area contributed by atoms with E-state index < -0.39 is 5.60 Å². The number of hydrogen-bond acceptors (Lipinski definition) is 2. The largest absolute Gasteiger partial charge is 0.390 e. The van der Waals surface area contributed by atoms with E-state index in [1.165, 1.54) is 44.1 Å². The molecule has 1 aromatic rings. The van der Waals surface area contributed by atoms with Gasteiger partial charge in [-0.1, -0.05) is 72.4 Å². The summed E-state index contributed by atoms with van der Waals surface area (Å²) in [5, 5.41) is 11.7. The topological polar surface area (TPSA) is 49.3 Å². The van der Waals surface area contributed by atoms with Crippen LogP contribution >= 0.6 is 0 Å². The zero-order chi connectivity index (χ0) is 25.6. The number of hydrogen-bond donors (Lipinski definition) is 2. The number of carbonyl (C=O) groups excluding carboxylic acids is 1. The number of benzene rings is 1. The summed E-state index contributed by atoms with van der Waals surface area (Å²) in [4.78, 5) is 10.9. The molecule has 4 heteroatoms. The van der Waals surface area contributed by atoms with Crippen LogP contribution in [-0.2, 0) is 11.2 Å². The summed E-state index contributed by atoms with van der Waals surface area (Å²) in [5.74, 6) is 1.39. The SMILES string of the molecule is C=C(C)NC(=O)CC(C)(C)O.CC1CCC1.CCC.CCCc1cc(C2CC2)c(F)cc1C. The minimum Gasteiger partial charge on any atom is -0.390 e. The quantitative estimate of drug-likeness (QED) is 0.449. The van der Waals surface area contributed by atoms with Crippen molar-refractivity contribution >= 4 is 5.91 Å². The average Bonchev–Trinajstić information content (AvgIpc) is 3.47. The van der Waals surface area contributed by atoms with E-state index in [9.17, 15) is 14.3 Å². The third-order valence-corrected chi connectivity index (χ3v) is 5.33. The maximum atomic E-state index is 13.6. The first-order valence-corrected chi connectivity index (χ1v) is 12.8. The predicted octanol–water partition coefficient (Wildman–Crippen LogP) is 7.98. The highest BCUT2D eigenvalue weighted by molar-refractivity contribution is 5.78. The maximum Gasteiger partial charge on any atom is 0.226 e. The molecule has 0 aliphatic heterocycles. The van der Waals surface area contributed by atoms with Gasteiger partial charge in [0.05, 0.1) is 12.0 Å². The van der Waals surface area contributed by atoms with Crippen molar-refractivity contribution in [3.8, 4) is 0 Å². The molecule has 1 amide bonds. The van der Waals surface area contributed by atoms with Crippen LogP contribution in [0.5, 0.6) is 0 Å². The number of halogens is 1. The van der Waals surface area contributed by atoms with Crippen molar-refractivity contribution in [3.05, 3.63) is 46.9 Å². The van der Waals surface area contributed by atoms with Gasteiger partial charge in [0.1, 0.15) is 5.82 Å². The Morgan fingerprint density at radius 3 is 2.03 bits per heavy atom. The molecule has 2 fully saturated rings. The second kappa shape index (κ2) is 16.0. The van der Waals surface area contributed by atoms with Crippen LogP contribution < -0.4 is 5.32 Å². The molecule has 0 saturated heterocycles. The van der Waals surface area contributed by atoms with E-state index in [2.05, 4.69) is 45.7 Å². The molecule has 0 bridgehead atoms. The standard InChI is InChI=1S/C13H17F.C8H15NO2.C5H10.C3H8/c1-3-4-11-8-12(10-5-6-10)13(14)7-9(11)2;1-6(2)9-7(10)5-8(3,4)11;1-5-3-2-4-5;1-3-2/h7-8,10H,3-6H2,1-2H3;11H,1,5H2,2-4H3,(H,9,10);5H,2-4H2,1H3;3H2,1-2H3. The van der Waals surface area contributed by atoms with E-state index in [-0.39, 0.29) is 18.1 Å². The van der Waals surface area contributed by atoms with Crippen molar-refractivity contribution in [3.63, 3.8) is 0 Å². The van der Waals surface area contributed by atoms with Gasteiger partial charge in [-0.05, 0) is 81.5 Å². The summed E-state index contributed by atoms with van der Waals surface area (Å²) in [6, 6.07) is 3.80. The Hall–Kier alpha value is -1.68. The monoisotopic (exact) mass is 463 g/mol. The molecule has 0 unspecified atom stereocenters. The molecule has 1 aromatic carbocycles. The number of rotatable bonds is 6. The second-order valence-corrected chi connectivity index (χ2v) is 10.4. The molecule has 0 spiro atoms. The lowest BCUT2D eigenvalue weighted by Gasteiger charge is -2.18. The first-order valence-electron chi connectivity index (χ1n) is 12.8. The van der Waals surface area contributed by atoms with E-state index in [1.54, 1.807) is 26.8 Å². The Morgan fingerprint density at radius 2 is 1.70 bits per heavy atom. The zero-order valence-corrected chi connectivity index (χ0v) is 22.6. The van der Waals surface area contributed by atoms with Crippen molar-refractivity contribution < 1.29 is 14.3 Å². The highest BCUT2D eigenvalue weighted by Crippen LogP contribution is 2.42. The van der Waals surface area contributed by atoms with Gasteiger partial charge in [0.25, 0.3) is 0 Å². The number of carbonyl (C=O) groups is 1. The third-order valence-electron chi connectivity index (χ3n) is 5.33. The van der Waals surface area contributed by atoms with Crippen molar-refractivity contribution in [1.82, 2.24) is 5.32 Å². The van der Waals surface area contributed by atoms with Gasteiger partial charge in [0, 0.05) is 5.70 Å². The number of aryl methyl sites for hydroxylation is 2. The van der Waals surface area contributed by atoms with Crippen LogP contribution in [0, 0.1) is 18.7 Å². The van der Waals surface area contributed by atoms with Crippen molar-refractivity contribution in [2.45, 2.75) is 125 Å². The van der Waals surface area contributed by atoms with Crippen LogP contribution in [0.1, 0.15) is 122 Å². The van der Waals surface area contributed by atoms with Crippen LogP contribution in [-0.4, -0.2) is 16.6 Å². The van der Waals surface area contributed by atoms with E-state index in [4.69, 9.17) is 0 Å². The molecule has 2 aliphatic carbocycles. The van der Waals surface area contributed by atoms with Crippen molar-refractivity contribution in [2.24, 2.45) is 5.92 Å². The van der Waals surface area contributed by atoms with Crippen LogP contribution in [0.4, 0.5) is 4.39 Å². The molecule has 0 aromatic heterocycles. The summed E-state index contributed by atoms with van der Waals surface area (Å²) < 4.78 is 13.6. The summed E-state index contributed by atoms with van der Waals surface area (Å²) in [5.41, 5.74) is 3.04. The molecule has 3 rings (SSSR count). The van der Waals surface area contributed by atoms with Gasteiger partial charge in [0.2, 0.25) is 5.91 Å². The lowest BCUT2D eigenvalue weighted by Crippen LogP contribution is -2.30. The van der Waals surface area contributed by atoms with Gasteiger partial charge >= 0.3 is 0 Å². The molecule has 190 valence electrons. The Bertz CT molecular complexity index is 713. The average molecular weight is 464 g/mol. The Balaban J connectivity index is 0.000000477. The maximum absolute atomic E-state index is 13.6. The first-order chi connectivity index (χ1) is 15.3. The summed E-state index contributed by atoms with van der Waals surface area (Å²) >= 11 is 0. The highest BCUT2D eigenvalue weighted by Gasteiger charge is 2.27. The van der Waals surface area contributed by atoms with E-state index in [1.807, 2.05) is 6.92 Å². The molecular formula is C29H50FNO2. The van der Waals surface area contributed by atoms with Crippen LogP contribution in [0.3, 0.4) is 0 Å². The van der Waals surface area contributed by atoms with E-state index in [0.29, 0.717) is 11.6 Å². The smallest absolute Gasteiger partial charge is 0.226 e. The van der Waals surface area contributed by atoms with E-state index in [0.717, 1.165) is 29.9 Å². The fourth-order valence-electron chi connectivity index (χ4n) is 3.27. The van der Waals surface area contributed by atoms with Gasteiger partial charge in [-0.15, -0.1) is 0 Å². The van der Waals surface area contributed by atoms with Gasteiger partial charge in [0.15, 0.2) is 0 Å². The Morgan fingerprint density at radius 1 is 1.18 bits per heavy atom. The van der Waals surface area contributed by atoms with E-state index >= 15 is 0 Å². The van der Waals surface area contributed by atoms with Gasteiger partial charge in [-0.3, -0.25) is 4.79 Å². The second-order valence-electron chi connectivity index (χ2n) is 10.4. The van der Waals surface area contributed by atoms with Gasteiger partial charge < -0.3 is 10.4 Å². The number of allylic oxidation sites excluding steroid dienone is 1. The molecular weight excluding hydrogens is 413 g/mol. The molecule has 2 aliphatic rings. The fourth-order valence-corrected chi connectivity index (χ4v) is 3.27. The molecule has 33 heavy (non-hydrogen) atoms. The molecule has 3 nitrogen and oxygen atoms in total. The minimum absolute atomic E-state index is 0.00449. The predicted molar refractivity (Wildman–Crippen MR) is 140 cm³/mol. The Kier molecular flexibility index (Phi) is 15.2. The lowest BCUT2D eigenvalue weighted by atomic mass is 9.88. The summed E-state index contributed by atoms with van der Waals surface area (Å²) in [6.07, 6.45) is 10.4. The van der Waals surface area contributed by atoms with Crippen LogP contribution in [0.15, 0.2) is 24.4 Å². The number of aliphatic hydroxyl groups is 1. The number of amides is 1. The molecule has 2 saturated carbocycles. The summed E-state index contributed by atoms with van der Waals surface area (Å²) in [6.45, 7) is 19.1. The van der Waals surface area contributed by atoms with Gasteiger partial charge in [-0.2, -0.15) is 0 Å². The van der Waals surface area contributed by atoms with Crippen LogP contribution in [0.2, 0.25) is 0 Å². The lowest BCUT2D eigenvalue weighted by molar-refractivity contribution is -0.124. The Labute approximate surface area is 203 Å². The third kappa shape index (κ3) is 15.7. The molecule has 0 heterocycles. The normalized spacial score (nSPS) is 14.8. The molecule has 0 atom stereocenters. The molecule has 0 radical (unpaired) electrons.